The van der Waals surface area contributed by atoms with E-state index in [0.29, 0.717) is 5.56 Å². The monoisotopic (exact) mass is 235 g/mol. The molecule has 0 saturated heterocycles. The number of carbonyl (C=O) groups is 1. The second-order valence-electron chi connectivity index (χ2n) is 3.60. The Hall–Kier alpha value is -2.44. The third-order valence-corrected chi connectivity index (χ3v) is 2.58. The van der Waals surface area contributed by atoms with E-state index in [4.69, 9.17) is 5.11 Å². The lowest BCUT2D eigenvalue weighted by Crippen LogP contribution is -2.09. The van der Waals surface area contributed by atoms with Crippen molar-refractivity contribution in [1.82, 2.24) is 9.38 Å². The van der Waals surface area contributed by atoms with Gasteiger partial charge in [0.25, 0.3) is 0 Å². The molecule has 7 heteroatoms. The number of nitrogens with zero attached hydrogens (tertiary/aromatic N) is 3. The Balaban J connectivity index is 2.74. The van der Waals surface area contributed by atoms with Crippen molar-refractivity contribution in [3.8, 4) is 0 Å². The third-order valence-electron chi connectivity index (χ3n) is 2.58. The molecular formula is C10H9N3O4. The first-order valence-corrected chi connectivity index (χ1v) is 4.85. The van der Waals surface area contributed by atoms with Crippen LogP contribution >= 0.6 is 0 Å². The van der Waals surface area contributed by atoms with Gasteiger partial charge in [0, 0.05) is 6.20 Å². The third kappa shape index (κ3) is 1.71. The molecular weight excluding hydrogens is 226 g/mol. The molecule has 1 unspecified atom stereocenters. The van der Waals surface area contributed by atoms with Crippen LogP contribution in [0.1, 0.15) is 18.4 Å². The van der Waals surface area contributed by atoms with Crippen LogP contribution in [0.25, 0.3) is 5.52 Å². The van der Waals surface area contributed by atoms with E-state index < -0.39 is 16.8 Å². The van der Waals surface area contributed by atoms with Crippen molar-refractivity contribution < 1.29 is 14.8 Å². The summed E-state index contributed by atoms with van der Waals surface area (Å²) in [5, 5.41) is 19.8. The first-order chi connectivity index (χ1) is 8.02. The summed E-state index contributed by atoms with van der Waals surface area (Å²) >= 11 is 0. The van der Waals surface area contributed by atoms with Crippen LogP contribution in [0.4, 0.5) is 5.82 Å². The molecule has 88 valence electrons. The maximum absolute atomic E-state index is 10.9. The molecule has 2 heterocycles. The molecule has 0 aliphatic rings. The van der Waals surface area contributed by atoms with Gasteiger partial charge in [-0.25, -0.2) is 0 Å². The second kappa shape index (κ2) is 3.85. The fraction of sp³-hybridized carbons (Fsp3) is 0.200. The summed E-state index contributed by atoms with van der Waals surface area (Å²) in [6.07, 6.45) is 2.89. The topological polar surface area (TPSA) is 97.7 Å². The normalized spacial score (nSPS) is 12.5. The number of fused-ring (bicyclic) bond motifs is 1. The lowest BCUT2D eigenvalue weighted by atomic mass is 10.0. The summed E-state index contributed by atoms with van der Waals surface area (Å²) < 4.78 is 1.45. The van der Waals surface area contributed by atoms with Gasteiger partial charge in [0.15, 0.2) is 5.52 Å². The number of pyridine rings is 1. The standard InChI is InChI=1S/C10H9N3O4/c1-6(10(14)15)7-3-2-4-12-5-11-9(8(7)12)13(16)17/h2-6H,1H3,(H,14,15). The van der Waals surface area contributed by atoms with Crippen LogP contribution in [0.2, 0.25) is 0 Å². The number of rotatable bonds is 3. The van der Waals surface area contributed by atoms with Crippen LogP contribution in [-0.2, 0) is 4.79 Å². The zero-order valence-corrected chi connectivity index (χ0v) is 8.90. The highest BCUT2D eigenvalue weighted by Gasteiger charge is 2.24. The minimum Gasteiger partial charge on any atom is -0.481 e. The van der Waals surface area contributed by atoms with Gasteiger partial charge in [-0.05, 0) is 28.5 Å². The van der Waals surface area contributed by atoms with Crippen molar-refractivity contribution in [3.63, 3.8) is 0 Å². The van der Waals surface area contributed by atoms with Crippen molar-refractivity contribution in [2.45, 2.75) is 12.8 Å². The van der Waals surface area contributed by atoms with Gasteiger partial charge in [-0.2, -0.15) is 0 Å². The number of carboxylic acids is 1. The molecule has 0 aliphatic carbocycles. The largest absolute Gasteiger partial charge is 0.481 e. The molecule has 7 nitrogen and oxygen atoms in total. The zero-order chi connectivity index (χ0) is 12.6. The summed E-state index contributed by atoms with van der Waals surface area (Å²) in [4.78, 5) is 24.8. The SMILES string of the molecule is CC(C(=O)O)c1cccn2cnc([N+](=O)[O-])c12. The molecule has 2 aromatic heterocycles. The first-order valence-electron chi connectivity index (χ1n) is 4.85. The Bertz CT molecular complexity index is 605. The van der Waals surface area contributed by atoms with Gasteiger partial charge in [-0.15, -0.1) is 0 Å². The zero-order valence-electron chi connectivity index (χ0n) is 8.90. The smallest absolute Gasteiger partial charge is 0.389 e. The van der Waals surface area contributed by atoms with Crippen LogP contribution in [0.15, 0.2) is 24.7 Å². The summed E-state index contributed by atoms with van der Waals surface area (Å²) in [7, 11) is 0. The van der Waals surface area contributed by atoms with Gasteiger partial charge in [0.1, 0.15) is 0 Å². The van der Waals surface area contributed by atoms with E-state index in [2.05, 4.69) is 4.98 Å². The van der Waals surface area contributed by atoms with Crippen molar-refractivity contribution in [2.75, 3.05) is 0 Å². The van der Waals surface area contributed by atoms with Gasteiger partial charge in [0.2, 0.25) is 6.33 Å². The van der Waals surface area contributed by atoms with E-state index >= 15 is 0 Å². The molecule has 0 radical (unpaired) electrons. The van der Waals surface area contributed by atoms with E-state index in [1.165, 1.54) is 17.7 Å². The summed E-state index contributed by atoms with van der Waals surface area (Å²) in [5.41, 5.74) is 0.608. The minimum atomic E-state index is -1.03. The number of nitro groups is 1. The number of aliphatic carboxylic acids is 1. The lowest BCUT2D eigenvalue weighted by Gasteiger charge is -2.07. The van der Waals surface area contributed by atoms with E-state index in [1.807, 2.05) is 0 Å². The summed E-state index contributed by atoms with van der Waals surface area (Å²) in [6.45, 7) is 1.48. The summed E-state index contributed by atoms with van der Waals surface area (Å²) in [5.74, 6) is -2.18. The number of imidazole rings is 1. The van der Waals surface area contributed by atoms with Crippen molar-refractivity contribution >= 4 is 17.3 Å². The predicted octanol–water partition coefficient (Wildman–Crippen LogP) is 1.43. The molecule has 0 aromatic carbocycles. The highest BCUT2D eigenvalue weighted by Crippen LogP contribution is 2.27. The fourth-order valence-corrected chi connectivity index (χ4v) is 1.68. The molecule has 0 bridgehead atoms. The Morgan fingerprint density at radius 3 is 2.94 bits per heavy atom. The molecule has 1 N–H and O–H groups in total. The van der Waals surface area contributed by atoms with Crippen LogP contribution in [-0.4, -0.2) is 25.4 Å². The van der Waals surface area contributed by atoms with Crippen LogP contribution in [0.3, 0.4) is 0 Å². The van der Waals surface area contributed by atoms with E-state index in [9.17, 15) is 14.9 Å². The van der Waals surface area contributed by atoms with Gasteiger partial charge in [0.05, 0.1) is 5.92 Å². The number of aromatic nitrogens is 2. The minimum absolute atomic E-state index is 0.229. The second-order valence-corrected chi connectivity index (χ2v) is 3.60. The average molecular weight is 235 g/mol. The maximum atomic E-state index is 10.9. The average Bonchev–Trinajstić information content (AvgIpc) is 2.71. The van der Waals surface area contributed by atoms with Gasteiger partial charge < -0.3 is 15.2 Å². The number of hydrogen-bond donors (Lipinski definition) is 1. The van der Waals surface area contributed by atoms with Gasteiger partial charge in [-0.1, -0.05) is 6.07 Å². The lowest BCUT2D eigenvalue weighted by molar-refractivity contribution is -0.387. The molecule has 0 spiro atoms. The van der Waals surface area contributed by atoms with E-state index in [0.717, 1.165) is 0 Å². The maximum Gasteiger partial charge on any atom is 0.389 e. The Morgan fingerprint density at radius 2 is 2.35 bits per heavy atom. The molecule has 0 fully saturated rings. The Labute approximate surface area is 95.5 Å². The molecule has 1 atom stereocenters. The van der Waals surface area contributed by atoms with Crippen molar-refractivity contribution in [1.29, 1.82) is 0 Å². The molecule has 0 aliphatic heterocycles. The predicted molar refractivity (Wildman–Crippen MR) is 57.9 cm³/mol. The van der Waals surface area contributed by atoms with Crippen LogP contribution in [0, 0.1) is 10.1 Å². The number of carboxylic acid groups (broad SMARTS) is 1. The molecule has 2 aromatic rings. The Kier molecular flexibility index (Phi) is 2.51. The van der Waals surface area contributed by atoms with Crippen LogP contribution < -0.4 is 0 Å². The molecule has 2 rings (SSSR count). The fourth-order valence-electron chi connectivity index (χ4n) is 1.68. The van der Waals surface area contributed by atoms with E-state index in [-0.39, 0.29) is 11.3 Å². The van der Waals surface area contributed by atoms with Crippen molar-refractivity contribution in [2.24, 2.45) is 0 Å². The highest BCUT2D eigenvalue weighted by molar-refractivity contribution is 5.81. The highest BCUT2D eigenvalue weighted by atomic mass is 16.6. The first kappa shape index (κ1) is 11.1. The van der Waals surface area contributed by atoms with Gasteiger partial charge in [-0.3, -0.25) is 9.20 Å². The molecule has 17 heavy (non-hydrogen) atoms. The quantitative estimate of drug-likeness (QED) is 0.641. The van der Waals surface area contributed by atoms with Gasteiger partial charge >= 0.3 is 11.8 Å². The summed E-state index contributed by atoms with van der Waals surface area (Å²) in [6, 6.07) is 3.19. The van der Waals surface area contributed by atoms with Crippen LogP contribution in [0.5, 0.6) is 0 Å². The molecule has 0 saturated carbocycles. The Morgan fingerprint density at radius 1 is 1.65 bits per heavy atom. The van der Waals surface area contributed by atoms with Crippen molar-refractivity contribution in [3.05, 3.63) is 40.3 Å². The molecule has 0 amide bonds. The number of hydrogen-bond acceptors (Lipinski definition) is 4. The van der Waals surface area contributed by atoms with E-state index in [1.54, 1.807) is 18.3 Å².